The van der Waals surface area contributed by atoms with Crippen LogP contribution in [0.4, 0.5) is 0 Å². The maximum atomic E-state index is 11.6. The molecule has 0 spiro atoms. The molecule has 0 aromatic heterocycles. The van der Waals surface area contributed by atoms with Crippen LogP contribution in [0, 0.1) is 0 Å². The summed E-state index contributed by atoms with van der Waals surface area (Å²) in [7, 11) is 0. The molecule has 1 aliphatic rings. The van der Waals surface area contributed by atoms with Gasteiger partial charge in [0.15, 0.2) is 0 Å². The highest BCUT2D eigenvalue weighted by Crippen LogP contribution is 2.14. The van der Waals surface area contributed by atoms with Crippen molar-refractivity contribution in [3.63, 3.8) is 0 Å². The van der Waals surface area contributed by atoms with Gasteiger partial charge in [0.1, 0.15) is 0 Å². The number of rotatable bonds is 6. The summed E-state index contributed by atoms with van der Waals surface area (Å²) < 4.78 is 10.0. The fourth-order valence-corrected chi connectivity index (χ4v) is 1.45. The Morgan fingerprint density at radius 1 is 1.65 bits per heavy atom. The summed E-state index contributed by atoms with van der Waals surface area (Å²) in [5, 5.41) is 2.56. The van der Waals surface area contributed by atoms with Crippen LogP contribution in [0.3, 0.4) is 0 Å². The van der Waals surface area contributed by atoms with E-state index in [4.69, 9.17) is 15.2 Å². The highest BCUT2D eigenvalue weighted by Gasteiger charge is 2.28. The maximum Gasteiger partial charge on any atom is 0.335 e. The molecule has 0 aromatic carbocycles. The third kappa shape index (κ3) is 3.83. The molecule has 6 nitrogen and oxygen atoms in total. The molecule has 1 aliphatic heterocycles. The Balaban J connectivity index is 2.57. The van der Waals surface area contributed by atoms with Crippen LogP contribution in [0.25, 0.3) is 0 Å². The number of nitrogens with one attached hydrogen (secondary N) is 1. The first-order valence-corrected chi connectivity index (χ1v) is 5.68. The van der Waals surface area contributed by atoms with Gasteiger partial charge in [0, 0.05) is 12.7 Å². The van der Waals surface area contributed by atoms with Crippen LogP contribution in [0.2, 0.25) is 0 Å². The smallest absolute Gasteiger partial charge is 0.335 e. The molecule has 0 aliphatic carbocycles. The number of hydrogen-bond donors (Lipinski definition) is 2. The van der Waals surface area contributed by atoms with Crippen molar-refractivity contribution < 1.29 is 19.1 Å². The molecule has 1 heterocycles. The fourth-order valence-electron chi connectivity index (χ4n) is 1.45. The Kier molecular flexibility index (Phi) is 5.11. The molecule has 0 unspecified atom stereocenters. The van der Waals surface area contributed by atoms with Crippen molar-refractivity contribution in [3.8, 4) is 0 Å². The number of carbonyl (C=O) groups is 2. The Morgan fingerprint density at radius 3 is 2.94 bits per heavy atom. The van der Waals surface area contributed by atoms with E-state index in [1.165, 1.54) is 6.08 Å². The van der Waals surface area contributed by atoms with Crippen LogP contribution in [-0.4, -0.2) is 30.8 Å². The highest BCUT2D eigenvalue weighted by atomic mass is 16.7. The standard InChI is InChI=1S/C11H18N2O4/c1-3-5-7(12)10(15)13-8-6-9(14)17-11(8)16-4-2/h6-7,11H,3-5,12H2,1-2H3,(H,13,15)/t7-,11+/m0/s1. The molecule has 6 heteroatoms. The van der Waals surface area contributed by atoms with Crippen molar-refractivity contribution in [2.75, 3.05) is 6.61 Å². The van der Waals surface area contributed by atoms with E-state index in [0.717, 1.165) is 6.42 Å². The average Bonchev–Trinajstić information content (AvgIpc) is 2.60. The van der Waals surface area contributed by atoms with Crippen molar-refractivity contribution in [1.82, 2.24) is 5.32 Å². The molecule has 1 amide bonds. The Morgan fingerprint density at radius 2 is 2.35 bits per heavy atom. The summed E-state index contributed by atoms with van der Waals surface area (Å²) in [6.45, 7) is 4.10. The second-order valence-corrected chi connectivity index (χ2v) is 3.71. The first-order valence-electron chi connectivity index (χ1n) is 5.68. The Hall–Kier alpha value is -1.40. The van der Waals surface area contributed by atoms with Gasteiger partial charge in [-0.05, 0) is 13.3 Å². The quantitative estimate of drug-likeness (QED) is 0.641. The van der Waals surface area contributed by atoms with Crippen LogP contribution in [-0.2, 0) is 19.1 Å². The van der Waals surface area contributed by atoms with Crippen LogP contribution >= 0.6 is 0 Å². The number of ether oxygens (including phenoxy) is 2. The highest BCUT2D eigenvalue weighted by molar-refractivity contribution is 5.89. The first kappa shape index (κ1) is 13.7. The van der Waals surface area contributed by atoms with Crippen molar-refractivity contribution >= 4 is 11.9 Å². The van der Waals surface area contributed by atoms with E-state index in [0.29, 0.717) is 18.7 Å². The van der Waals surface area contributed by atoms with Gasteiger partial charge in [-0.2, -0.15) is 0 Å². The van der Waals surface area contributed by atoms with E-state index in [9.17, 15) is 9.59 Å². The summed E-state index contributed by atoms with van der Waals surface area (Å²) >= 11 is 0. The number of carbonyl (C=O) groups excluding carboxylic acids is 2. The number of esters is 1. The van der Waals surface area contributed by atoms with E-state index in [1.807, 2.05) is 6.92 Å². The SMILES string of the molecule is CCC[C@H](N)C(=O)NC1=CC(=O)O[C@H]1OCC. The maximum absolute atomic E-state index is 11.6. The molecule has 3 N–H and O–H groups in total. The molecule has 0 saturated heterocycles. The minimum atomic E-state index is -0.828. The predicted octanol–water partition coefficient (Wildman–Crippen LogP) is 0.0333. The van der Waals surface area contributed by atoms with Crippen LogP contribution < -0.4 is 11.1 Å². The zero-order valence-electron chi connectivity index (χ0n) is 10.1. The van der Waals surface area contributed by atoms with Gasteiger partial charge >= 0.3 is 5.97 Å². The zero-order valence-corrected chi connectivity index (χ0v) is 10.1. The van der Waals surface area contributed by atoms with E-state index in [1.54, 1.807) is 6.92 Å². The van der Waals surface area contributed by atoms with Crippen molar-refractivity contribution in [2.24, 2.45) is 5.73 Å². The first-order chi connectivity index (χ1) is 8.08. The lowest BCUT2D eigenvalue weighted by atomic mass is 10.1. The van der Waals surface area contributed by atoms with Crippen molar-refractivity contribution in [2.45, 2.75) is 39.0 Å². The van der Waals surface area contributed by atoms with Crippen LogP contribution in [0.15, 0.2) is 11.8 Å². The van der Waals surface area contributed by atoms with E-state index >= 15 is 0 Å². The summed E-state index contributed by atoms with van der Waals surface area (Å²) in [5.74, 6) is -0.857. The number of amides is 1. The summed E-state index contributed by atoms with van der Waals surface area (Å²) in [6, 6.07) is -0.584. The minimum absolute atomic E-state index is 0.313. The minimum Gasteiger partial charge on any atom is -0.426 e. The summed E-state index contributed by atoms with van der Waals surface area (Å²) in [5.41, 5.74) is 5.97. The molecule has 0 saturated carbocycles. The van der Waals surface area contributed by atoms with E-state index in [-0.39, 0.29) is 5.91 Å². The molecule has 0 aromatic rings. The lowest BCUT2D eigenvalue weighted by molar-refractivity contribution is -0.159. The van der Waals surface area contributed by atoms with Crippen LogP contribution in [0.5, 0.6) is 0 Å². The number of cyclic esters (lactones) is 1. The zero-order chi connectivity index (χ0) is 12.8. The molecule has 0 fully saturated rings. The van der Waals surface area contributed by atoms with Crippen LogP contribution in [0.1, 0.15) is 26.7 Å². The largest absolute Gasteiger partial charge is 0.426 e. The molecule has 0 bridgehead atoms. The van der Waals surface area contributed by atoms with Crippen molar-refractivity contribution in [1.29, 1.82) is 0 Å². The molecule has 1 rings (SSSR count). The predicted molar refractivity (Wildman–Crippen MR) is 60.6 cm³/mol. The van der Waals surface area contributed by atoms with E-state index in [2.05, 4.69) is 5.32 Å². The van der Waals surface area contributed by atoms with E-state index < -0.39 is 18.3 Å². The summed E-state index contributed by atoms with van der Waals surface area (Å²) in [4.78, 5) is 22.7. The number of hydrogen-bond acceptors (Lipinski definition) is 5. The molecule has 17 heavy (non-hydrogen) atoms. The topological polar surface area (TPSA) is 90.7 Å². The summed E-state index contributed by atoms with van der Waals surface area (Å²) in [6.07, 6.45) is 1.78. The third-order valence-corrected chi connectivity index (χ3v) is 2.27. The molecular formula is C11H18N2O4. The van der Waals surface area contributed by atoms with Gasteiger partial charge in [-0.3, -0.25) is 4.79 Å². The number of nitrogens with two attached hydrogens (primary N) is 1. The molecule has 96 valence electrons. The lowest BCUT2D eigenvalue weighted by Gasteiger charge is -2.16. The second kappa shape index (κ2) is 6.36. The average molecular weight is 242 g/mol. The monoisotopic (exact) mass is 242 g/mol. The Labute approximate surface area is 100 Å². The molecular weight excluding hydrogens is 224 g/mol. The fraction of sp³-hybridized carbons (Fsp3) is 0.636. The Bertz CT molecular complexity index is 327. The molecule has 0 radical (unpaired) electrons. The molecule has 2 atom stereocenters. The van der Waals surface area contributed by atoms with Gasteiger partial charge in [0.2, 0.25) is 12.2 Å². The second-order valence-electron chi connectivity index (χ2n) is 3.71. The lowest BCUT2D eigenvalue weighted by Crippen LogP contribution is -2.42. The van der Waals surface area contributed by atoms with Gasteiger partial charge < -0.3 is 20.5 Å². The third-order valence-electron chi connectivity index (χ3n) is 2.27. The van der Waals surface area contributed by atoms with Gasteiger partial charge in [-0.15, -0.1) is 0 Å². The van der Waals surface area contributed by atoms with Crippen molar-refractivity contribution in [3.05, 3.63) is 11.8 Å². The van der Waals surface area contributed by atoms with Gasteiger partial charge in [0.25, 0.3) is 0 Å². The van der Waals surface area contributed by atoms with Gasteiger partial charge in [-0.25, -0.2) is 4.79 Å². The normalized spacial score (nSPS) is 20.8. The van der Waals surface area contributed by atoms with Gasteiger partial charge in [0.05, 0.1) is 11.7 Å². The van der Waals surface area contributed by atoms with Gasteiger partial charge in [-0.1, -0.05) is 13.3 Å².